The monoisotopic (exact) mass is 514 g/mol. The number of amides is 1. The molecule has 2 N–H and O–H groups in total. The van der Waals surface area contributed by atoms with Crippen molar-refractivity contribution in [2.45, 2.75) is 63.0 Å². The van der Waals surface area contributed by atoms with Crippen molar-refractivity contribution in [1.82, 2.24) is 19.9 Å². The first-order valence-corrected chi connectivity index (χ1v) is 13.6. The number of nitrogens with zero attached hydrogens (tertiary/aromatic N) is 2. The third-order valence-corrected chi connectivity index (χ3v) is 7.33. The third kappa shape index (κ3) is 8.05. The number of carbonyl (C=O) groups is 1. The highest BCUT2D eigenvalue weighted by molar-refractivity contribution is 7.89. The first kappa shape index (κ1) is 29.3. The van der Waals surface area contributed by atoms with Gasteiger partial charge < -0.3 is 15.0 Å². The molecule has 0 unspecified atom stereocenters. The molecule has 1 amide bonds. The number of rotatable bonds is 10. The van der Waals surface area contributed by atoms with Crippen molar-refractivity contribution in [3.8, 4) is 18.7 Å². The molecular weight excluding hydrogens is 476 g/mol. The molecule has 2 heterocycles. The number of sulfonamides is 1. The van der Waals surface area contributed by atoms with E-state index in [1.807, 2.05) is 47.0 Å². The van der Waals surface area contributed by atoms with E-state index >= 15 is 0 Å². The zero-order valence-corrected chi connectivity index (χ0v) is 22.7. The molecule has 1 aromatic carbocycles. The third-order valence-electron chi connectivity index (χ3n) is 5.84. The molecule has 3 rings (SSSR count). The van der Waals surface area contributed by atoms with E-state index < -0.39 is 21.7 Å². The molecule has 196 valence electrons. The van der Waals surface area contributed by atoms with Crippen molar-refractivity contribution in [2.24, 2.45) is 0 Å². The summed E-state index contributed by atoms with van der Waals surface area (Å²) in [6.45, 7) is 7.34. The van der Waals surface area contributed by atoms with Gasteiger partial charge in [-0.3, -0.25) is 4.79 Å². The molecule has 36 heavy (non-hydrogen) atoms. The van der Waals surface area contributed by atoms with E-state index in [2.05, 4.69) is 32.8 Å². The number of hydrogen-bond donors (Lipinski definition) is 2. The van der Waals surface area contributed by atoms with Gasteiger partial charge in [0.05, 0.1) is 16.5 Å². The van der Waals surface area contributed by atoms with Gasteiger partial charge in [0, 0.05) is 24.7 Å². The lowest BCUT2D eigenvalue weighted by molar-refractivity contribution is 0.0640. The zero-order chi connectivity index (χ0) is 26.9. The van der Waals surface area contributed by atoms with Crippen molar-refractivity contribution < 1.29 is 17.9 Å². The normalized spacial score (nSPS) is 16.3. The van der Waals surface area contributed by atoms with Crippen LogP contribution in [0.25, 0.3) is 0 Å². The van der Waals surface area contributed by atoms with Crippen LogP contribution in [0.1, 0.15) is 67.6 Å². The summed E-state index contributed by atoms with van der Waals surface area (Å²) >= 11 is 0. The average molecular weight is 515 g/mol. The average Bonchev–Trinajstić information content (AvgIpc) is 2.83. The molecule has 1 atom stereocenters. The summed E-state index contributed by atoms with van der Waals surface area (Å²) in [5, 5.41) is 2.92. The maximum absolute atomic E-state index is 13.1. The van der Waals surface area contributed by atoms with Gasteiger partial charge in [-0.1, -0.05) is 19.1 Å². The summed E-state index contributed by atoms with van der Waals surface area (Å²) in [7, 11) is 0.263. The standard InChI is InChI=1S/C25H36N4O4S.C2H2/c1-6-18-9-11-20(12-10-18)34(31,32)28-22-16-25(2,3)33-24-21(22)15-19(17-27-24)23(30)26-13-7-8-14-29(4)5;1-2/h9-12,15,17,22,28H,6-8,13-14,16H2,1-5H3,(H,26,30);1-2H/t22-;/m0./s1. The van der Waals surface area contributed by atoms with Gasteiger partial charge in [0.1, 0.15) is 5.60 Å². The summed E-state index contributed by atoms with van der Waals surface area (Å²) in [6, 6.07) is 7.98. The van der Waals surface area contributed by atoms with Crippen LogP contribution in [0.4, 0.5) is 0 Å². The molecule has 1 aliphatic heterocycles. The Kier molecular flexibility index (Phi) is 10.5. The Balaban J connectivity index is 0.00000222. The highest BCUT2D eigenvalue weighted by Crippen LogP contribution is 2.39. The second kappa shape index (κ2) is 12.9. The molecule has 0 fully saturated rings. The number of carbonyl (C=O) groups excluding carboxylic acids is 1. The SMILES string of the molecule is C#C.CCc1ccc(S(=O)(=O)N[C@H]2CC(C)(C)Oc3ncc(C(=O)NCCCCN(C)C)cc32)cc1. The summed E-state index contributed by atoms with van der Waals surface area (Å²) in [4.78, 5) is 19.4. The lowest BCUT2D eigenvalue weighted by Crippen LogP contribution is -2.41. The number of benzene rings is 1. The van der Waals surface area contributed by atoms with E-state index in [0.29, 0.717) is 30.0 Å². The minimum Gasteiger partial charge on any atom is -0.471 e. The summed E-state index contributed by atoms with van der Waals surface area (Å²) in [6.07, 6.45) is 12.6. The van der Waals surface area contributed by atoms with Gasteiger partial charge >= 0.3 is 0 Å². The number of aryl methyl sites for hydroxylation is 1. The molecule has 0 aliphatic carbocycles. The molecule has 1 aromatic heterocycles. The van der Waals surface area contributed by atoms with Gasteiger partial charge in [0.15, 0.2) is 0 Å². The number of pyridine rings is 1. The van der Waals surface area contributed by atoms with Crippen LogP contribution in [0.2, 0.25) is 0 Å². The second-order valence-electron chi connectivity index (χ2n) is 9.62. The quantitative estimate of drug-likeness (QED) is 0.372. The Hall–Kier alpha value is -2.93. The van der Waals surface area contributed by atoms with Crippen LogP contribution in [0.15, 0.2) is 41.4 Å². The first-order valence-electron chi connectivity index (χ1n) is 12.1. The molecule has 8 nitrogen and oxygen atoms in total. The van der Waals surface area contributed by atoms with Crippen LogP contribution in [0.5, 0.6) is 5.88 Å². The zero-order valence-electron chi connectivity index (χ0n) is 21.9. The van der Waals surface area contributed by atoms with E-state index in [-0.39, 0.29) is 10.8 Å². The van der Waals surface area contributed by atoms with Crippen LogP contribution in [0, 0.1) is 12.8 Å². The number of unbranched alkanes of at least 4 members (excludes halogenated alkanes) is 1. The molecule has 9 heteroatoms. The second-order valence-corrected chi connectivity index (χ2v) is 11.3. The van der Waals surface area contributed by atoms with Crippen LogP contribution < -0.4 is 14.8 Å². The van der Waals surface area contributed by atoms with E-state index in [1.165, 1.54) is 6.20 Å². The maximum atomic E-state index is 13.1. The van der Waals surface area contributed by atoms with Crippen molar-refractivity contribution in [3.63, 3.8) is 0 Å². The highest BCUT2D eigenvalue weighted by Gasteiger charge is 2.37. The topological polar surface area (TPSA) is 101 Å². The predicted molar refractivity (Wildman–Crippen MR) is 142 cm³/mol. The van der Waals surface area contributed by atoms with Crippen molar-refractivity contribution >= 4 is 15.9 Å². The molecular formula is C27H38N4O4S. The molecule has 1 aliphatic rings. The first-order chi connectivity index (χ1) is 17.0. The van der Waals surface area contributed by atoms with E-state index in [1.54, 1.807) is 18.2 Å². The minimum atomic E-state index is -3.78. The fourth-order valence-corrected chi connectivity index (χ4v) is 5.17. The number of fused-ring (bicyclic) bond motifs is 1. The predicted octanol–water partition coefficient (Wildman–Crippen LogP) is 3.55. The maximum Gasteiger partial charge on any atom is 0.252 e. The van der Waals surface area contributed by atoms with Crippen molar-refractivity contribution in [2.75, 3.05) is 27.2 Å². The Bertz CT molecular complexity index is 1140. The molecule has 0 saturated heterocycles. The van der Waals surface area contributed by atoms with Gasteiger partial charge in [-0.15, -0.1) is 12.8 Å². The summed E-state index contributed by atoms with van der Waals surface area (Å²) < 4.78 is 35.1. The van der Waals surface area contributed by atoms with Crippen LogP contribution >= 0.6 is 0 Å². The van der Waals surface area contributed by atoms with Gasteiger partial charge in [-0.2, -0.15) is 0 Å². The highest BCUT2D eigenvalue weighted by atomic mass is 32.2. The molecule has 0 radical (unpaired) electrons. The van der Waals surface area contributed by atoms with E-state index in [4.69, 9.17) is 4.74 Å². The van der Waals surface area contributed by atoms with Crippen LogP contribution in [-0.4, -0.2) is 57.0 Å². The summed E-state index contributed by atoms with van der Waals surface area (Å²) in [5.41, 5.74) is 1.40. The van der Waals surface area contributed by atoms with Gasteiger partial charge in [-0.05, 0) is 77.5 Å². The molecule has 0 bridgehead atoms. The van der Waals surface area contributed by atoms with E-state index in [9.17, 15) is 13.2 Å². The van der Waals surface area contributed by atoms with Crippen LogP contribution in [0.3, 0.4) is 0 Å². The smallest absolute Gasteiger partial charge is 0.252 e. The number of hydrogen-bond acceptors (Lipinski definition) is 6. The van der Waals surface area contributed by atoms with Crippen molar-refractivity contribution in [1.29, 1.82) is 0 Å². The molecule has 0 saturated carbocycles. The Labute approximate surface area is 215 Å². The van der Waals surface area contributed by atoms with Gasteiger partial charge in [-0.25, -0.2) is 18.1 Å². The summed E-state index contributed by atoms with van der Waals surface area (Å²) in [5.74, 6) is 0.106. The lowest BCUT2D eigenvalue weighted by Gasteiger charge is -2.37. The van der Waals surface area contributed by atoms with Crippen molar-refractivity contribution in [3.05, 3.63) is 53.2 Å². The number of nitrogens with one attached hydrogen (secondary N) is 2. The van der Waals surface area contributed by atoms with E-state index in [0.717, 1.165) is 31.4 Å². The number of aromatic nitrogens is 1. The molecule has 2 aromatic rings. The largest absolute Gasteiger partial charge is 0.471 e. The minimum absolute atomic E-state index is 0.204. The lowest BCUT2D eigenvalue weighted by atomic mass is 9.91. The number of ether oxygens (including phenoxy) is 1. The van der Waals surface area contributed by atoms with Gasteiger partial charge in [0.25, 0.3) is 5.91 Å². The van der Waals surface area contributed by atoms with Crippen LogP contribution in [-0.2, 0) is 16.4 Å². The Morgan fingerprint density at radius 3 is 2.47 bits per heavy atom. The number of terminal acetylenes is 1. The Morgan fingerprint density at radius 1 is 1.19 bits per heavy atom. The fraction of sp³-hybridized carbons (Fsp3) is 0.481. The Morgan fingerprint density at radius 2 is 1.86 bits per heavy atom. The fourth-order valence-electron chi connectivity index (χ4n) is 3.96. The van der Waals surface area contributed by atoms with Gasteiger partial charge in [0.2, 0.25) is 15.9 Å². The molecule has 0 spiro atoms.